The van der Waals surface area contributed by atoms with Crippen LogP contribution in [-0.2, 0) is 14.8 Å². The molecule has 0 unspecified atom stereocenters. The van der Waals surface area contributed by atoms with E-state index in [9.17, 15) is 18.3 Å². The van der Waals surface area contributed by atoms with E-state index < -0.39 is 10.0 Å². The van der Waals surface area contributed by atoms with E-state index in [0.29, 0.717) is 18.8 Å². The molecule has 2 fully saturated rings. The summed E-state index contributed by atoms with van der Waals surface area (Å²) in [4.78, 5) is 17.4. The van der Waals surface area contributed by atoms with Crippen LogP contribution in [0.5, 0.6) is 5.75 Å². The average molecular weight is 459 g/mol. The Morgan fingerprint density at radius 1 is 0.906 bits per heavy atom. The van der Waals surface area contributed by atoms with Crippen LogP contribution in [-0.4, -0.2) is 73.9 Å². The summed E-state index contributed by atoms with van der Waals surface area (Å²) in [6.45, 7) is 6.12. The second kappa shape index (κ2) is 9.48. The molecule has 2 aliphatic rings. The molecule has 172 valence electrons. The molecular weight excluding hydrogens is 428 g/mol. The Morgan fingerprint density at radius 2 is 1.50 bits per heavy atom. The molecule has 2 saturated heterocycles. The number of phenols is 1. The predicted octanol–water partition coefficient (Wildman–Crippen LogP) is 2.33. The standard InChI is InChI=1S/C23H30N4O4S/c1-18(25-14-16-26(17-15-25)20-6-8-21(28)9-7-20)23(29)24-19-4-10-22(11-5-19)32(30,31)27-12-2-3-13-27/h4-11,18,28H,2-3,12-17H2,1H3,(H,24,29)/t18-/m0/s1. The number of nitrogens with one attached hydrogen (secondary N) is 1. The Labute approximate surface area is 189 Å². The first-order valence-electron chi connectivity index (χ1n) is 11.0. The highest BCUT2D eigenvalue weighted by molar-refractivity contribution is 7.89. The van der Waals surface area contributed by atoms with Crippen molar-refractivity contribution in [3.05, 3.63) is 48.5 Å². The monoisotopic (exact) mass is 458 g/mol. The Kier molecular flexibility index (Phi) is 6.68. The van der Waals surface area contributed by atoms with Crippen LogP contribution in [0, 0.1) is 0 Å². The third-order valence-electron chi connectivity index (χ3n) is 6.28. The number of amides is 1. The van der Waals surface area contributed by atoms with Crippen LogP contribution in [0.3, 0.4) is 0 Å². The molecule has 0 radical (unpaired) electrons. The van der Waals surface area contributed by atoms with Gasteiger partial charge in [-0.25, -0.2) is 8.42 Å². The van der Waals surface area contributed by atoms with Crippen LogP contribution >= 0.6 is 0 Å². The largest absolute Gasteiger partial charge is 0.508 e. The number of benzene rings is 2. The van der Waals surface area contributed by atoms with Gasteiger partial charge in [0, 0.05) is 50.6 Å². The number of hydrogen-bond acceptors (Lipinski definition) is 6. The molecule has 2 N–H and O–H groups in total. The normalized spacial score (nSPS) is 19.1. The van der Waals surface area contributed by atoms with Gasteiger partial charge < -0.3 is 15.3 Å². The number of nitrogens with zero attached hydrogens (tertiary/aromatic N) is 3. The number of piperazine rings is 1. The van der Waals surface area contributed by atoms with E-state index in [4.69, 9.17) is 0 Å². The van der Waals surface area contributed by atoms with E-state index in [0.717, 1.165) is 44.7 Å². The fourth-order valence-electron chi connectivity index (χ4n) is 4.23. The topological polar surface area (TPSA) is 93.2 Å². The lowest BCUT2D eigenvalue weighted by molar-refractivity contribution is -0.120. The maximum Gasteiger partial charge on any atom is 0.243 e. The summed E-state index contributed by atoms with van der Waals surface area (Å²) < 4.78 is 26.8. The van der Waals surface area contributed by atoms with E-state index in [1.807, 2.05) is 19.1 Å². The quantitative estimate of drug-likeness (QED) is 0.690. The van der Waals surface area contributed by atoms with Crippen LogP contribution < -0.4 is 10.2 Å². The minimum absolute atomic E-state index is 0.113. The molecule has 0 saturated carbocycles. The molecule has 8 nitrogen and oxygen atoms in total. The van der Waals surface area contributed by atoms with E-state index in [2.05, 4.69) is 15.1 Å². The zero-order valence-electron chi connectivity index (χ0n) is 18.3. The van der Waals surface area contributed by atoms with Crippen LogP contribution in [0.2, 0.25) is 0 Å². The van der Waals surface area contributed by atoms with E-state index in [1.54, 1.807) is 36.4 Å². The molecule has 2 aromatic carbocycles. The number of aromatic hydroxyl groups is 1. The van der Waals surface area contributed by atoms with Crippen molar-refractivity contribution >= 4 is 27.3 Å². The highest BCUT2D eigenvalue weighted by Crippen LogP contribution is 2.23. The van der Waals surface area contributed by atoms with Gasteiger partial charge >= 0.3 is 0 Å². The number of phenolic OH excluding ortho intramolecular Hbond substituents is 1. The molecule has 0 aromatic heterocycles. The zero-order valence-corrected chi connectivity index (χ0v) is 19.1. The second-order valence-electron chi connectivity index (χ2n) is 8.34. The first-order chi connectivity index (χ1) is 15.3. The number of hydrogen-bond donors (Lipinski definition) is 2. The van der Waals surface area contributed by atoms with Crippen molar-refractivity contribution in [2.45, 2.75) is 30.7 Å². The number of carbonyl (C=O) groups excluding carboxylic acids is 1. The highest BCUT2D eigenvalue weighted by atomic mass is 32.2. The van der Waals surface area contributed by atoms with E-state index >= 15 is 0 Å². The summed E-state index contributed by atoms with van der Waals surface area (Å²) >= 11 is 0. The second-order valence-corrected chi connectivity index (χ2v) is 10.3. The molecule has 2 heterocycles. The lowest BCUT2D eigenvalue weighted by atomic mass is 10.2. The van der Waals surface area contributed by atoms with Crippen LogP contribution in [0.25, 0.3) is 0 Å². The maximum atomic E-state index is 12.8. The molecular formula is C23H30N4O4S. The zero-order chi connectivity index (χ0) is 22.7. The SMILES string of the molecule is C[C@@H](C(=O)Nc1ccc(S(=O)(=O)N2CCCC2)cc1)N1CCN(c2ccc(O)cc2)CC1. The fourth-order valence-corrected chi connectivity index (χ4v) is 5.75. The number of carbonyl (C=O) groups is 1. The number of anilines is 2. The third kappa shape index (κ3) is 4.90. The van der Waals surface area contributed by atoms with E-state index in [-0.39, 0.29) is 22.6 Å². The average Bonchev–Trinajstić information content (AvgIpc) is 3.36. The lowest BCUT2D eigenvalue weighted by Crippen LogP contribution is -2.52. The van der Waals surface area contributed by atoms with Gasteiger partial charge in [0.15, 0.2) is 0 Å². The fraction of sp³-hybridized carbons (Fsp3) is 0.435. The molecule has 9 heteroatoms. The van der Waals surface area contributed by atoms with Gasteiger partial charge in [-0.3, -0.25) is 9.69 Å². The lowest BCUT2D eigenvalue weighted by Gasteiger charge is -2.38. The highest BCUT2D eigenvalue weighted by Gasteiger charge is 2.28. The Balaban J connectivity index is 1.31. The van der Waals surface area contributed by atoms with Crippen molar-refractivity contribution < 1.29 is 18.3 Å². The molecule has 1 atom stereocenters. The molecule has 32 heavy (non-hydrogen) atoms. The summed E-state index contributed by atoms with van der Waals surface area (Å²) in [5.74, 6) is 0.137. The van der Waals surface area contributed by atoms with Crippen molar-refractivity contribution in [2.24, 2.45) is 0 Å². The third-order valence-corrected chi connectivity index (χ3v) is 8.19. The molecule has 0 bridgehead atoms. The Morgan fingerprint density at radius 3 is 2.09 bits per heavy atom. The summed E-state index contributed by atoms with van der Waals surface area (Å²) in [5.41, 5.74) is 1.65. The first-order valence-corrected chi connectivity index (χ1v) is 12.5. The van der Waals surface area contributed by atoms with Gasteiger partial charge in [0.1, 0.15) is 5.75 Å². The summed E-state index contributed by atoms with van der Waals surface area (Å²) in [5, 5.41) is 12.4. The molecule has 2 aliphatic heterocycles. The van der Waals surface area contributed by atoms with Gasteiger partial charge in [-0.05, 0) is 68.3 Å². The minimum atomic E-state index is -3.45. The van der Waals surface area contributed by atoms with Crippen molar-refractivity contribution in [2.75, 3.05) is 49.5 Å². The summed E-state index contributed by atoms with van der Waals surface area (Å²) in [6, 6.07) is 13.3. The number of rotatable bonds is 6. The predicted molar refractivity (Wildman–Crippen MR) is 124 cm³/mol. The van der Waals surface area contributed by atoms with Crippen LogP contribution in [0.4, 0.5) is 11.4 Å². The molecule has 0 aliphatic carbocycles. The van der Waals surface area contributed by atoms with E-state index in [1.165, 1.54) is 4.31 Å². The summed E-state index contributed by atoms with van der Waals surface area (Å²) in [7, 11) is -3.45. The molecule has 1 amide bonds. The minimum Gasteiger partial charge on any atom is -0.508 e. The molecule has 0 spiro atoms. The first kappa shape index (κ1) is 22.6. The summed E-state index contributed by atoms with van der Waals surface area (Å²) in [6.07, 6.45) is 1.79. The van der Waals surface area contributed by atoms with Gasteiger partial charge in [-0.2, -0.15) is 4.31 Å². The smallest absolute Gasteiger partial charge is 0.243 e. The van der Waals surface area contributed by atoms with Gasteiger partial charge in [0.2, 0.25) is 15.9 Å². The Bertz CT molecular complexity index is 1030. The van der Waals surface area contributed by atoms with Crippen molar-refractivity contribution in [1.29, 1.82) is 0 Å². The maximum absolute atomic E-state index is 12.8. The van der Waals surface area contributed by atoms with Crippen molar-refractivity contribution in [3.63, 3.8) is 0 Å². The van der Waals surface area contributed by atoms with Crippen LogP contribution in [0.1, 0.15) is 19.8 Å². The van der Waals surface area contributed by atoms with Gasteiger partial charge in [0.05, 0.1) is 10.9 Å². The Hall–Kier alpha value is -2.62. The van der Waals surface area contributed by atoms with Gasteiger partial charge in [-0.15, -0.1) is 0 Å². The van der Waals surface area contributed by atoms with Crippen molar-refractivity contribution in [1.82, 2.24) is 9.21 Å². The number of sulfonamides is 1. The molecule has 4 rings (SSSR count). The van der Waals surface area contributed by atoms with Gasteiger partial charge in [0.25, 0.3) is 0 Å². The van der Waals surface area contributed by atoms with Crippen LogP contribution in [0.15, 0.2) is 53.4 Å². The van der Waals surface area contributed by atoms with Gasteiger partial charge in [-0.1, -0.05) is 0 Å². The van der Waals surface area contributed by atoms with Crippen molar-refractivity contribution in [3.8, 4) is 5.75 Å². The molecule has 2 aromatic rings.